The predicted molar refractivity (Wildman–Crippen MR) is 71.1 cm³/mol. The third-order valence-electron chi connectivity index (χ3n) is 3.24. The van der Waals surface area contributed by atoms with E-state index in [0.717, 1.165) is 0 Å². The molecule has 0 aliphatic carbocycles. The SMILES string of the molecule is CCOC(=O)C[C@H](C)[C@@H](NC(=O)[C@H]1CCC(=O)N1)C(=O)O. The van der Waals surface area contributed by atoms with Crippen molar-refractivity contribution in [2.75, 3.05) is 6.61 Å². The highest BCUT2D eigenvalue weighted by molar-refractivity contribution is 5.93. The van der Waals surface area contributed by atoms with Crippen molar-refractivity contribution >= 4 is 23.8 Å². The average molecular weight is 300 g/mol. The fourth-order valence-corrected chi connectivity index (χ4v) is 2.11. The fourth-order valence-electron chi connectivity index (χ4n) is 2.11. The number of rotatable bonds is 7. The number of esters is 1. The zero-order chi connectivity index (χ0) is 16.0. The number of hydrogen-bond donors (Lipinski definition) is 3. The molecule has 0 spiro atoms. The molecule has 8 nitrogen and oxygen atoms in total. The Kier molecular flexibility index (Phi) is 6.13. The van der Waals surface area contributed by atoms with Gasteiger partial charge in [-0.2, -0.15) is 0 Å². The minimum Gasteiger partial charge on any atom is -0.480 e. The summed E-state index contributed by atoms with van der Waals surface area (Å²) in [5, 5.41) is 14.0. The van der Waals surface area contributed by atoms with Gasteiger partial charge in [-0.3, -0.25) is 14.4 Å². The number of carbonyl (C=O) groups is 4. The molecule has 118 valence electrons. The molecule has 1 aliphatic heterocycles. The zero-order valence-electron chi connectivity index (χ0n) is 12.0. The molecule has 0 radical (unpaired) electrons. The highest BCUT2D eigenvalue weighted by atomic mass is 16.5. The van der Waals surface area contributed by atoms with Gasteiger partial charge in [0.2, 0.25) is 11.8 Å². The second-order valence-electron chi connectivity index (χ2n) is 4.97. The summed E-state index contributed by atoms with van der Waals surface area (Å²) >= 11 is 0. The van der Waals surface area contributed by atoms with Gasteiger partial charge < -0.3 is 20.5 Å². The normalized spacial score (nSPS) is 20.3. The molecular weight excluding hydrogens is 280 g/mol. The summed E-state index contributed by atoms with van der Waals surface area (Å²) in [5.41, 5.74) is 0. The minimum atomic E-state index is -1.23. The number of aliphatic carboxylic acids is 1. The standard InChI is InChI=1S/C13H20N2O6/c1-3-21-10(17)6-7(2)11(13(19)20)15-12(18)8-4-5-9(16)14-8/h7-8,11H,3-6H2,1-2H3,(H,14,16)(H,15,18)(H,19,20)/t7-,8+,11+/m0/s1. The molecule has 0 aromatic rings. The summed E-state index contributed by atoms with van der Waals surface area (Å²) < 4.78 is 4.76. The third kappa shape index (κ3) is 5.05. The summed E-state index contributed by atoms with van der Waals surface area (Å²) in [6.45, 7) is 3.41. The lowest BCUT2D eigenvalue weighted by molar-refractivity contribution is -0.147. The van der Waals surface area contributed by atoms with Crippen molar-refractivity contribution in [1.82, 2.24) is 10.6 Å². The monoisotopic (exact) mass is 300 g/mol. The van der Waals surface area contributed by atoms with Crippen LogP contribution in [0.15, 0.2) is 0 Å². The Morgan fingerprint density at radius 1 is 1.48 bits per heavy atom. The van der Waals surface area contributed by atoms with Crippen LogP contribution in [-0.2, 0) is 23.9 Å². The van der Waals surface area contributed by atoms with Crippen LogP contribution in [0.3, 0.4) is 0 Å². The van der Waals surface area contributed by atoms with E-state index in [0.29, 0.717) is 6.42 Å². The van der Waals surface area contributed by atoms with Gasteiger partial charge in [0, 0.05) is 6.42 Å². The molecule has 1 rings (SSSR count). The first kappa shape index (κ1) is 16.9. The molecule has 8 heteroatoms. The van der Waals surface area contributed by atoms with Gasteiger partial charge >= 0.3 is 11.9 Å². The highest BCUT2D eigenvalue weighted by Gasteiger charge is 2.33. The second kappa shape index (κ2) is 7.61. The fraction of sp³-hybridized carbons (Fsp3) is 0.692. The van der Waals surface area contributed by atoms with Crippen LogP contribution >= 0.6 is 0 Å². The summed E-state index contributed by atoms with van der Waals surface area (Å²) in [7, 11) is 0. The molecule has 0 saturated carbocycles. The Labute approximate surface area is 122 Å². The summed E-state index contributed by atoms with van der Waals surface area (Å²) in [6, 6.07) is -1.92. The number of carboxylic acids is 1. The molecule has 0 aromatic heterocycles. The molecule has 1 fully saturated rings. The lowest BCUT2D eigenvalue weighted by Crippen LogP contribution is -2.51. The molecular formula is C13H20N2O6. The van der Waals surface area contributed by atoms with Gasteiger partial charge in [0.1, 0.15) is 12.1 Å². The smallest absolute Gasteiger partial charge is 0.326 e. The Morgan fingerprint density at radius 2 is 2.14 bits per heavy atom. The Balaban J connectivity index is 2.60. The number of carbonyl (C=O) groups excluding carboxylic acids is 3. The first-order chi connectivity index (χ1) is 9.85. The number of amides is 2. The molecule has 1 heterocycles. The van der Waals surface area contributed by atoms with Crippen LogP contribution in [0.4, 0.5) is 0 Å². The van der Waals surface area contributed by atoms with Crippen LogP contribution < -0.4 is 10.6 Å². The molecule has 0 bridgehead atoms. The van der Waals surface area contributed by atoms with Crippen LogP contribution in [0.5, 0.6) is 0 Å². The van der Waals surface area contributed by atoms with Crippen molar-refractivity contribution in [2.45, 2.75) is 45.2 Å². The largest absolute Gasteiger partial charge is 0.480 e. The quantitative estimate of drug-likeness (QED) is 0.541. The first-order valence-corrected chi connectivity index (χ1v) is 6.83. The molecule has 1 aliphatic rings. The Hall–Kier alpha value is -2.12. The zero-order valence-corrected chi connectivity index (χ0v) is 12.0. The predicted octanol–water partition coefficient (Wildman–Crippen LogP) is -0.576. The third-order valence-corrected chi connectivity index (χ3v) is 3.24. The summed E-state index contributed by atoms with van der Waals surface area (Å²) in [5.74, 6) is -3.16. The maximum absolute atomic E-state index is 11.9. The van der Waals surface area contributed by atoms with Gasteiger partial charge in [0.15, 0.2) is 0 Å². The number of hydrogen-bond acceptors (Lipinski definition) is 5. The Bertz CT molecular complexity index is 436. The van der Waals surface area contributed by atoms with E-state index in [1.807, 2.05) is 0 Å². The topological polar surface area (TPSA) is 122 Å². The van der Waals surface area contributed by atoms with Crippen molar-refractivity contribution in [3.63, 3.8) is 0 Å². The van der Waals surface area contributed by atoms with Crippen molar-refractivity contribution in [1.29, 1.82) is 0 Å². The summed E-state index contributed by atoms with van der Waals surface area (Å²) in [4.78, 5) is 45.6. The molecule has 2 amide bonds. The van der Waals surface area contributed by atoms with Crippen molar-refractivity contribution < 1.29 is 29.0 Å². The van der Waals surface area contributed by atoms with Crippen LogP contribution in [-0.4, -0.2) is 47.6 Å². The molecule has 3 N–H and O–H groups in total. The van der Waals surface area contributed by atoms with Gasteiger partial charge in [-0.05, 0) is 19.3 Å². The van der Waals surface area contributed by atoms with Gasteiger partial charge in [-0.15, -0.1) is 0 Å². The van der Waals surface area contributed by atoms with E-state index >= 15 is 0 Å². The molecule has 3 atom stereocenters. The van der Waals surface area contributed by atoms with E-state index < -0.39 is 35.8 Å². The van der Waals surface area contributed by atoms with E-state index in [4.69, 9.17) is 4.74 Å². The molecule has 21 heavy (non-hydrogen) atoms. The number of nitrogens with one attached hydrogen (secondary N) is 2. The van der Waals surface area contributed by atoms with Crippen LogP contribution in [0, 0.1) is 5.92 Å². The van der Waals surface area contributed by atoms with E-state index in [9.17, 15) is 24.3 Å². The summed E-state index contributed by atoms with van der Waals surface area (Å²) in [6.07, 6.45) is 0.472. The van der Waals surface area contributed by atoms with Crippen LogP contribution in [0.1, 0.15) is 33.1 Å². The average Bonchev–Trinajstić information content (AvgIpc) is 2.82. The van der Waals surface area contributed by atoms with E-state index in [-0.39, 0.29) is 25.4 Å². The minimum absolute atomic E-state index is 0.109. The molecule has 1 saturated heterocycles. The van der Waals surface area contributed by atoms with E-state index in [1.165, 1.54) is 0 Å². The Morgan fingerprint density at radius 3 is 2.62 bits per heavy atom. The number of ether oxygens (including phenoxy) is 1. The first-order valence-electron chi connectivity index (χ1n) is 6.83. The molecule has 0 unspecified atom stereocenters. The van der Waals surface area contributed by atoms with Crippen LogP contribution in [0.25, 0.3) is 0 Å². The van der Waals surface area contributed by atoms with Crippen LogP contribution in [0.2, 0.25) is 0 Å². The van der Waals surface area contributed by atoms with Crippen molar-refractivity contribution in [2.24, 2.45) is 5.92 Å². The van der Waals surface area contributed by atoms with E-state index in [1.54, 1.807) is 13.8 Å². The van der Waals surface area contributed by atoms with Gasteiger partial charge in [-0.25, -0.2) is 4.79 Å². The lowest BCUT2D eigenvalue weighted by atomic mass is 9.98. The van der Waals surface area contributed by atoms with Gasteiger partial charge in [0.25, 0.3) is 0 Å². The maximum Gasteiger partial charge on any atom is 0.326 e. The van der Waals surface area contributed by atoms with E-state index in [2.05, 4.69) is 10.6 Å². The molecule has 0 aromatic carbocycles. The van der Waals surface area contributed by atoms with Gasteiger partial charge in [0.05, 0.1) is 13.0 Å². The maximum atomic E-state index is 11.9. The number of carboxylic acid groups (broad SMARTS) is 1. The second-order valence-corrected chi connectivity index (χ2v) is 4.97. The van der Waals surface area contributed by atoms with Gasteiger partial charge in [-0.1, -0.05) is 6.92 Å². The highest BCUT2D eigenvalue weighted by Crippen LogP contribution is 2.12. The van der Waals surface area contributed by atoms with Crippen molar-refractivity contribution in [3.8, 4) is 0 Å². The van der Waals surface area contributed by atoms with Crippen molar-refractivity contribution in [3.05, 3.63) is 0 Å². The lowest BCUT2D eigenvalue weighted by Gasteiger charge is -2.22.